The van der Waals surface area contributed by atoms with E-state index in [1.54, 1.807) is 42.0 Å². The maximum absolute atomic E-state index is 12.6. The maximum Gasteiger partial charge on any atom is 0.275 e. The van der Waals surface area contributed by atoms with Crippen molar-refractivity contribution in [3.05, 3.63) is 48.0 Å². The molecule has 3 rings (SSSR count). The van der Waals surface area contributed by atoms with Crippen LogP contribution in [0, 0.1) is 0 Å². The summed E-state index contributed by atoms with van der Waals surface area (Å²) in [6.07, 6.45) is 7.19. The lowest BCUT2D eigenvalue weighted by atomic mass is 10.2. The Morgan fingerprint density at radius 2 is 2.12 bits per heavy atom. The molecule has 0 aliphatic rings. The van der Waals surface area contributed by atoms with E-state index in [0.29, 0.717) is 17.2 Å². The summed E-state index contributed by atoms with van der Waals surface area (Å²) in [4.78, 5) is 21.1. The Hall–Kier alpha value is -2.61. The largest absolute Gasteiger partial charge is 0.333 e. The third-order valence-electron chi connectivity index (χ3n) is 3.58. The summed E-state index contributed by atoms with van der Waals surface area (Å²) in [6, 6.07) is 5.56. The van der Waals surface area contributed by atoms with Crippen molar-refractivity contribution >= 4 is 23.5 Å². The fourth-order valence-electron chi connectivity index (χ4n) is 2.40. The zero-order valence-electron chi connectivity index (χ0n) is 13.7. The highest BCUT2D eigenvalue weighted by Crippen LogP contribution is 2.20. The van der Waals surface area contributed by atoms with Crippen molar-refractivity contribution in [1.29, 1.82) is 0 Å². The molecule has 24 heavy (non-hydrogen) atoms. The predicted octanol–water partition coefficient (Wildman–Crippen LogP) is 2.33. The molecule has 7 nitrogen and oxygen atoms in total. The number of aryl methyl sites for hydroxylation is 2. The molecule has 3 aromatic rings. The van der Waals surface area contributed by atoms with Gasteiger partial charge in [0.05, 0.1) is 0 Å². The van der Waals surface area contributed by atoms with E-state index >= 15 is 0 Å². The lowest BCUT2D eigenvalue weighted by molar-refractivity contribution is 0.102. The number of carbonyl (C=O) groups is 1. The molecule has 0 fully saturated rings. The molecule has 124 valence electrons. The van der Waals surface area contributed by atoms with Crippen LogP contribution in [0.3, 0.4) is 0 Å². The molecule has 1 amide bonds. The molecule has 1 N–H and O–H groups in total. The zero-order chi connectivity index (χ0) is 17.1. The average molecular weight is 342 g/mol. The number of pyridine rings is 1. The van der Waals surface area contributed by atoms with E-state index in [9.17, 15) is 4.79 Å². The number of aromatic nitrogens is 5. The van der Waals surface area contributed by atoms with E-state index in [0.717, 1.165) is 17.1 Å². The zero-order valence-corrected chi connectivity index (χ0v) is 14.5. The molecule has 3 heterocycles. The highest BCUT2D eigenvalue weighted by atomic mass is 32.2. The smallest absolute Gasteiger partial charge is 0.275 e. The summed E-state index contributed by atoms with van der Waals surface area (Å²) in [5, 5.41) is 7.29. The standard InChI is InChI=1S/C16H18N6OS/c1-21-8-7-18-15(21)12-9-13(22(2)20-12)19-16(23)14-11(10-24-3)5-4-6-17-14/h4-9H,10H2,1-3H3,(H,19,23). The van der Waals surface area contributed by atoms with Crippen molar-refractivity contribution in [3.8, 4) is 11.5 Å². The average Bonchev–Trinajstić information content (AvgIpc) is 3.14. The van der Waals surface area contributed by atoms with Gasteiger partial charge in [-0.05, 0) is 17.9 Å². The first kappa shape index (κ1) is 16.3. The number of nitrogens with one attached hydrogen (secondary N) is 1. The minimum absolute atomic E-state index is 0.242. The summed E-state index contributed by atoms with van der Waals surface area (Å²) in [6.45, 7) is 0. The van der Waals surface area contributed by atoms with Crippen LogP contribution in [-0.4, -0.2) is 36.5 Å². The van der Waals surface area contributed by atoms with Gasteiger partial charge in [-0.1, -0.05) is 6.07 Å². The number of amides is 1. The van der Waals surface area contributed by atoms with Crippen molar-refractivity contribution in [2.75, 3.05) is 11.6 Å². The Morgan fingerprint density at radius 3 is 2.83 bits per heavy atom. The number of hydrogen-bond donors (Lipinski definition) is 1. The van der Waals surface area contributed by atoms with Gasteiger partial charge in [-0.3, -0.25) is 14.5 Å². The fraction of sp³-hybridized carbons (Fsp3) is 0.250. The van der Waals surface area contributed by atoms with Crippen molar-refractivity contribution in [2.45, 2.75) is 5.75 Å². The van der Waals surface area contributed by atoms with Gasteiger partial charge in [0, 0.05) is 44.5 Å². The monoisotopic (exact) mass is 342 g/mol. The van der Waals surface area contributed by atoms with Gasteiger partial charge in [0.2, 0.25) is 0 Å². The summed E-state index contributed by atoms with van der Waals surface area (Å²) in [5.74, 6) is 1.83. The molecule has 0 atom stereocenters. The van der Waals surface area contributed by atoms with Crippen LogP contribution < -0.4 is 5.32 Å². The van der Waals surface area contributed by atoms with Gasteiger partial charge in [0.25, 0.3) is 5.91 Å². The number of anilines is 1. The Labute approximate surface area is 144 Å². The van der Waals surface area contributed by atoms with E-state index in [-0.39, 0.29) is 5.91 Å². The molecule has 0 bridgehead atoms. The summed E-state index contributed by atoms with van der Waals surface area (Å²) in [7, 11) is 3.68. The second kappa shape index (κ2) is 6.88. The number of rotatable bonds is 5. The Balaban J connectivity index is 1.86. The van der Waals surface area contributed by atoms with E-state index < -0.39 is 0 Å². The molecule has 0 spiro atoms. The molecule has 0 saturated heterocycles. The van der Waals surface area contributed by atoms with Gasteiger partial charge in [-0.2, -0.15) is 16.9 Å². The highest BCUT2D eigenvalue weighted by Gasteiger charge is 2.16. The summed E-state index contributed by atoms with van der Waals surface area (Å²) >= 11 is 1.65. The molecular formula is C16H18N6OS. The highest BCUT2D eigenvalue weighted by molar-refractivity contribution is 7.97. The second-order valence-electron chi connectivity index (χ2n) is 5.30. The van der Waals surface area contributed by atoms with Gasteiger partial charge in [0.15, 0.2) is 5.82 Å². The molecule has 8 heteroatoms. The van der Waals surface area contributed by atoms with E-state index in [1.807, 2.05) is 36.2 Å². The van der Waals surface area contributed by atoms with Crippen LogP contribution in [0.2, 0.25) is 0 Å². The van der Waals surface area contributed by atoms with Gasteiger partial charge in [-0.25, -0.2) is 4.98 Å². The van der Waals surface area contributed by atoms with Crippen molar-refractivity contribution in [1.82, 2.24) is 24.3 Å². The maximum atomic E-state index is 12.6. The van der Waals surface area contributed by atoms with Gasteiger partial charge < -0.3 is 9.88 Å². The van der Waals surface area contributed by atoms with Crippen LogP contribution >= 0.6 is 11.8 Å². The minimum Gasteiger partial charge on any atom is -0.333 e. The number of imidazole rings is 1. The quantitative estimate of drug-likeness (QED) is 0.770. The van der Waals surface area contributed by atoms with Gasteiger partial charge >= 0.3 is 0 Å². The van der Waals surface area contributed by atoms with Crippen LogP contribution in [0.15, 0.2) is 36.8 Å². The van der Waals surface area contributed by atoms with Crippen LogP contribution in [0.4, 0.5) is 5.82 Å². The topological polar surface area (TPSA) is 77.6 Å². The van der Waals surface area contributed by atoms with E-state index in [2.05, 4.69) is 20.4 Å². The first-order chi connectivity index (χ1) is 11.6. The molecule has 0 radical (unpaired) electrons. The molecule has 0 aliphatic carbocycles. The summed E-state index contributed by atoms with van der Waals surface area (Å²) in [5.41, 5.74) is 2.05. The van der Waals surface area contributed by atoms with E-state index in [4.69, 9.17) is 0 Å². The van der Waals surface area contributed by atoms with Crippen LogP contribution in [-0.2, 0) is 19.8 Å². The minimum atomic E-state index is -0.242. The SMILES string of the molecule is CSCc1cccnc1C(=O)Nc1cc(-c2nccn2C)nn1C. The van der Waals surface area contributed by atoms with Gasteiger partial charge in [-0.15, -0.1) is 0 Å². The second-order valence-corrected chi connectivity index (χ2v) is 6.16. The van der Waals surface area contributed by atoms with Crippen LogP contribution in [0.5, 0.6) is 0 Å². The normalized spacial score (nSPS) is 10.8. The molecular weight excluding hydrogens is 324 g/mol. The lowest BCUT2D eigenvalue weighted by Crippen LogP contribution is -2.17. The molecule has 0 unspecified atom stereocenters. The molecule has 0 aliphatic heterocycles. The Bertz CT molecular complexity index is 869. The van der Waals surface area contributed by atoms with E-state index in [1.165, 1.54) is 0 Å². The third-order valence-corrected chi connectivity index (χ3v) is 4.18. The Morgan fingerprint density at radius 1 is 1.29 bits per heavy atom. The first-order valence-corrected chi connectivity index (χ1v) is 8.75. The van der Waals surface area contributed by atoms with Crippen molar-refractivity contribution in [3.63, 3.8) is 0 Å². The number of nitrogens with zero attached hydrogens (tertiary/aromatic N) is 5. The Kier molecular flexibility index (Phi) is 4.66. The molecule has 3 aromatic heterocycles. The third kappa shape index (κ3) is 3.18. The number of thioether (sulfide) groups is 1. The molecule has 0 saturated carbocycles. The first-order valence-electron chi connectivity index (χ1n) is 7.36. The molecule has 0 aromatic carbocycles. The van der Waals surface area contributed by atoms with Crippen LogP contribution in [0.25, 0.3) is 11.5 Å². The lowest BCUT2D eigenvalue weighted by Gasteiger charge is -2.08. The van der Waals surface area contributed by atoms with Gasteiger partial charge in [0.1, 0.15) is 17.2 Å². The predicted molar refractivity (Wildman–Crippen MR) is 94.8 cm³/mol. The van der Waals surface area contributed by atoms with Crippen molar-refractivity contribution < 1.29 is 4.79 Å². The number of hydrogen-bond acceptors (Lipinski definition) is 5. The number of carbonyl (C=O) groups excluding carboxylic acids is 1. The van der Waals surface area contributed by atoms with Crippen LogP contribution in [0.1, 0.15) is 16.1 Å². The van der Waals surface area contributed by atoms with Crippen molar-refractivity contribution in [2.24, 2.45) is 14.1 Å². The summed E-state index contributed by atoms with van der Waals surface area (Å²) < 4.78 is 3.50. The fourth-order valence-corrected chi connectivity index (χ4v) is 2.94.